The summed E-state index contributed by atoms with van der Waals surface area (Å²) < 4.78 is 0. The highest BCUT2D eigenvalue weighted by Crippen LogP contribution is 2.30. The zero-order valence-electron chi connectivity index (χ0n) is 11.7. The van der Waals surface area contributed by atoms with Gasteiger partial charge in [-0.1, -0.05) is 17.7 Å². The van der Waals surface area contributed by atoms with Crippen LogP contribution >= 0.6 is 11.6 Å². The third-order valence-corrected chi connectivity index (χ3v) is 4.24. The largest absolute Gasteiger partial charge is 0.508 e. The van der Waals surface area contributed by atoms with E-state index in [1.807, 2.05) is 32.0 Å². The van der Waals surface area contributed by atoms with Crippen molar-refractivity contribution in [2.75, 3.05) is 5.32 Å². The van der Waals surface area contributed by atoms with Crippen LogP contribution in [0.25, 0.3) is 0 Å². The van der Waals surface area contributed by atoms with E-state index < -0.39 is 0 Å². The first-order valence-corrected chi connectivity index (χ1v) is 7.25. The number of phenolic OH excluding ortho intramolecular Hbond substituents is 1. The lowest BCUT2D eigenvalue weighted by Gasteiger charge is -2.17. The van der Waals surface area contributed by atoms with Crippen LogP contribution in [0.15, 0.2) is 30.3 Å². The van der Waals surface area contributed by atoms with Crippen molar-refractivity contribution < 1.29 is 5.11 Å². The van der Waals surface area contributed by atoms with Crippen molar-refractivity contribution in [3.63, 3.8) is 0 Å². The van der Waals surface area contributed by atoms with Crippen LogP contribution in [-0.4, -0.2) is 11.1 Å². The molecule has 0 amide bonds. The first-order chi connectivity index (χ1) is 9.52. The predicted molar refractivity (Wildman–Crippen MR) is 83.9 cm³/mol. The molecule has 0 spiro atoms. The van der Waals surface area contributed by atoms with Gasteiger partial charge < -0.3 is 10.4 Å². The molecule has 0 aliphatic heterocycles. The zero-order chi connectivity index (χ0) is 14.3. The van der Waals surface area contributed by atoms with Crippen LogP contribution < -0.4 is 5.32 Å². The summed E-state index contributed by atoms with van der Waals surface area (Å²) in [5.74, 6) is 0.356. The SMILES string of the molecule is Cc1cc(NC2Cc3ccc(Cl)cc3C2)c(C)cc1O. The Balaban J connectivity index is 1.80. The Kier molecular flexibility index (Phi) is 3.35. The summed E-state index contributed by atoms with van der Waals surface area (Å²) in [6.07, 6.45) is 2.02. The first-order valence-electron chi connectivity index (χ1n) is 6.87. The Labute approximate surface area is 124 Å². The maximum atomic E-state index is 9.72. The van der Waals surface area contributed by atoms with E-state index in [1.165, 1.54) is 11.1 Å². The van der Waals surface area contributed by atoms with Crippen LogP contribution in [0.2, 0.25) is 5.02 Å². The quantitative estimate of drug-likeness (QED) is 0.810. The molecule has 20 heavy (non-hydrogen) atoms. The zero-order valence-corrected chi connectivity index (χ0v) is 12.5. The van der Waals surface area contributed by atoms with Crippen LogP contribution in [0.4, 0.5) is 5.69 Å². The lowest BCUT2D eigenvalue weighted by molar-refractivity contribution is 0.470. The predicted octanol–water partition coefficient (Wildman–Crippen LogP) is 4.24. The Bertz CT molecular complexity index is 666. The number of benzene rings is 2. The minimum atomic E-state index is 0.356. The number of anilines is 1. The van der Waals surface area contributed by atoms with E-state index in [4.69, 9.17) is 11.6 Å². The van der Waals surface area contributed by atoms with Gasteiger partial charge >= 0.3 is 0 Å². The summed E-state index contributed by atoms with van der Waals surface area (Å²) in [7, 11) is 0. The molecular formula is C17H18ClNO. The van der Waals surface area contributed by atoms with Gasteiger partial charge in [-0.2, -0.15) is 0 Å². The second kappa shape index (κ2) is 5.02. The smallest absolute Gasteiger partial charge is 0.118 e. The molecule has 1 aliphatic rings. The van der Waals surface area contributed by atoms with E-state index in [2.05, 4.69) is 17.4 Å². The molecule has 0 radical (unpaired) electrons. The molecule has 2 N–H and O–H groups in total. The molecule has 2 aromatic carbocycles. The number of halogens is 1. The van der Waals surface area contributed by atoms with Gasteiger partial charge in [0.25, 0.3) is 0 Å². The monoisotopic (exact) mass is 287 g/mol. The average Bonchev–Trinajstić information content (AvgIpc) is 2.77. The van der Waals surface area contributed by atoms with Gasteiger partial charge in [0.2, 0.25) is 0 Å². The molecule has 0 saturated carbocycles. The van der Waals surface area contributed by atoms with Gasteiger partial charge in [0.05, 0.1) is 0 Å². The summed E-state index contributed by atoms with van der Waals surface area (Å²) in [5, 5.41) is 14.1. The Hall–Kier alpha value is -1.67. The molecule has 104 valence electrons. The van der Waals surface area contributed by atoms with Gasteiger partial charge in [-0.05, 0) is 73.2 Å². The third kappa shape index (κ3) is 2.48. The van der Waals surface area contributed by atoms with E-state index >= 15 is 0 Å². The lowest BCUT2D eigenvalue weighted by atomic mass is 10.1. The molecule has 0 aromatic heterocycles. The molecule has 1 atom stereocenters. The summed E-state index contributed by atoms with van der Waals surface area (Å²) in [6.45, 7) is 3.93. The number of rotatable bonds is 2. The van der Waals surface area contributed by atoms with Gasteiger partial charge in [0, 0.05) is 16.8 Å². The van der Waals surface area contributed by atoms with Gasteiger partial charge in [0.1, 0.15) is 5.75 Å². The number of nitrogens with one attached hydrogen (secondary N) is 1. The van der Waals surface area contributed by atoms with Crippen molar-refractivity contribution in [1.29, 1.82) is 0 Å². The summed E-state index contributed by atoms with van der Waals surface area (Å²) in [6, 6.07) is 10.4. The molecule has 3 rings (SSSR count). The minimum absolute atomic E-state index is 0.356. The fourth-order valence-corrected chi connectivity index (χ4v) is 3.06. The Morgan fingerprint density at radius 1 is 1.05 bits per heavy atom. The molecule has 1 unspecified atom stereocenters. The molecule has 2 nitrogen and oxygen atoms in total. The van der Waals surface area contributed by atoms with Crippen molar-refractivity contribution in [2.45, 2.75) is 32.7 Å². The standard InChI is InChI=1S/C17H18ClNO/c1-10-6-17(20)11(2)5-16(10)19-15-8-12-3-4-14(18)7-13(12)9-15/h3-7,15,19-20H,8-9H2,1-2H3. The van der Waals surface area contributed by atoms with Gasteiger partial charge in [-0.3, -0.25) is 0 Å². The highest BCUT2D eigenvalue weighted by atomic mass is 35.5. The van der Waals surface area contributed by atoms with E-state index in [0.717, 1.165) is 34.7 Å². The fraction of sp³-hybridized carbons (Fsp3) is 0.294. The average molecular weight is 288 g/mol. The first kappa shape index (κ1) is 13.3. The number of phenols is 1. The highest BCUT2D eigenvalue weighted by molar-refractivity contribution is 6.30. The van der Waals surface area contributed by atoms with Crippen molar-refractivity contribution in [2.24, 2.45) is 0 Å². The molecule has 2 aromatic rings. The second-order valence-electron chi connectivity index (χ2n) is 5.62. The summed E-state index contributed by atoms with van der Waals surface area (Å²) in [4.78, 5) is 0. The van der Waals surface area contributed by atoms with E-state index in [1.54, 1.807) is 0 Å². The Morgan fingerprint density at radius 3 is 2.60 bits per heavy atom. The van der Waals surface area contributed by atoms with Crippen LogP contribution in [0, 0.1) is 13.8 Å². The van der Waals surface area contributed by atoms with Crippen molar-refractivity contribution >= 4 is 17.3 Å². The Morgan fingerprint density at radius 2 is 1.80 bits per heavy atom. The minimum Gasteiger partial charge on any atom is -0.508 e. The molecule has 0 heterocycles. The van der Waals surface area contributed by atoms with E-state index in [9.17, 15) is 5.11 Å². The maximum absolute atomic E-state index is 9.72. The second-order valence-corrected chi connectivity index (χ2v) is 6.05. The highest BCUT2D eigenvalue weighted by Gasteiger charge is 2.22. The summed E-state index contributed by atoms with van der Waals surface area (Å²) >= 11 is 6.05. The fourth-order valence-electron chi connectivity index (χ4n) is 2.87. The normalized spacial score (nSPS) is 17.1. The molecule has 0 fully saturated rings. The van der Waals surface area contributed by atoms with E-state index in [-0.39, 0.29) is 0 Å². The van der Waals surface area contributed by atoms with Crippen LogP contribution in [0.3, 0.4) is 0 Å². The lowest BCUT2D eigenvalue weighted by Crippen LogP contribution is -2.20. The van der Waals surface area contributed by atoms with Crippen LogP contribution in [0.5, 0.6) is 5.75 Å². The van der Waals surface area contributed by atoms with Crippen LogP contribution in [0.1, 0.15) is 22.3 Å². The molecule has 0 bridgehead atoms. The molecular weight excluding hydrogens is 270 g/mol. The van der Waals surface area contributed by atoms with Crippen molar-refractivity contribution in [3.05, 3.63) is 57.6 Å². The number of hydrogen-bond acceptors (Lipinski definition) is 2. The third-order valence-electron chi connectivity index (χ3n) is 4.00. The number of aryl methyl sites for hydroxylation is 2. The number of aromatic hydroxyl groups is 1. The summed E-state index contributed by atoms with van der Waals surface area (Å²) in [5.41, 5.74) is 5.78. The van der Waals surface area contributed by atoms with Gasteiger partial charge in [0.15, 0.2) is 0 Å². The van der Waals surface area contributed by atoms with Crippen LogP contribution in [-0.2, 0) is 12.8 Å². The molecule has 1 aliphatic carbocycles. The molecule has 3 heteroatoms. The number of hydrogen-bond donors (Lipinski definition) is 2. The topological polar surface area (TPSA) is 32.3 Å². The number of fused-ring (bicyclic) bond motifs is 1. The van der Waals surface area contributed by atoms with Gasteiger partial charge in [-0.25, -0.2) is 0 Å². The van der Waals surface area contributed by atoms with Crippen molar-refractivity contribution in [1.82, 2.24) is 0 Å². The maximum Gasteiger partial charge on any atom is 0.118 e. The molecule has 0 saturated heterocycles. The van der Waals surface area contributed by atoms with Crippen molar-refractivity contribution in [3.8, 4) is 5.75 Å². The van der Waals surface area contributed by atoms with E-state index in [0.29, 0.717) is 11.8 Å². The van der Waals surface area contributed by atoms with Gasteiger partial charge in [-0.15, -0.1) is 0 Å².